The van der Waals surface area contributed by atoms with E-state index in [4.69, 9.17) is 9.47 Å². The molecule has 0 radical (unpaired) electrons. The molecular weight excluding hydrogens is 662 g/mol. The van der Waals surface area contributed by atoms with Gasteiger partial charge in [-0.15, -0.1) is 0 Å². The molecule has 2 fully saturated rings. The number of Topliss-reactive ketones (excluding diaryl/α,β-unsaturated/α-hetero) is 1. The van der Waals surface area contributed by atoms with Gasteiger partial charge in [-0.1, -0.05) is 31.2 Å². The molecule has 12 nitrogen and oxygen atoms in total. The minimum absolute atomic E-state index is 0.0778. The number of hydrogen-bond acceptors (Lipinski definition) is 10. The van der Waals surface area contributed by atoms with Gasteiger partial charge in [0.05, 0.1) is 16.8 Å². The molecule has 5 aliphatic rings. The van der Waals surface area contributed by atoms with Gasteiger partial charge in [-0.2, -0.15) is 0 Å². The zero-order valence-electron chi connectivity index (χ0n) is 28.8. The highest BCUT2D eigenvalue weighted by atomic mass is 16.5. The molecule has 9 rings (SSSR count). The topological polar surface area (TPSA) is 148 Å². The molecule has 5 aliphatic heterocycles. The van der Waals surface area contributed by atoms with Crippen molar-refractivity contribution in [2.75, 3.05) is 18.0 Å². The molecule has 1 N–H and O–H groups in total. The van der Waals surface area contributed by atoms with E-state index in [1.54, 1.807) is 24.4 Å². The van der Waals surface area contributed by atoms with E-state index in [-0.39, 0.29) is 53.7 Å². The molecule has 264 valence electrons. The molecule has 3 unspecified atom stereocenters. The Kier molecular flexibility index (Phi) is 8.32. The first-order chi connectivity index (χ1) is 25.1. The number of ether oxygens (including phenoxy) is 2. The van der Waals surface area contributed by atoms with Crippen molar-refractivity contribution in [3.05, 3.63) is 113 Å². The summed E-state index contributed by atoms with van der Waals surface area (Å²) in [6.07, 6.45) is 3.22. The van der Waals surface area contributed by atoms with E-state index in [9.17, 15) is 24.0 Å². The van der Waals surface area contributed by atoms with Crippen LogP contribution < -0.4 is 19.7 Å². The van der Waals surface area contributed by atoms with Crippen LogP contribution in [-0.4, -0.2) is 69.5 Å². The van der Waals surface area contributed by atoms with Gasteiger partial charge in [-0.05, 0) is 84.8 Å². The predicted octanol–water partition coefficient (Wildman–Crippen LogP) is 4.45. The molecule has 52 heavy (non-hydrogen) atoms. The molecule has 3 atom stereocenters. The molecule has 6 heterocycles. The lowest BCUT2D eigenvalue weighted by Gasteiger charge is -2.46. The largest absolute Gasteiger partial charge is 0.489 e. The van der Waals surface area contributed by atoms with Gasteiger partial charge in [0.2, 0.25) is 11.8 Å². The van der Waals surface area contributed by atoms with Crippen molar-refractivity contribution < 1.29 is 33.4 Å². The Morgan fingerprint density at radius 1 is 0.962 bits per heavy atom. The predicted molar refractivity (Wildman–Crippen MR) is 188 cm³/mol. The van der Waals surface area contributed by atoms with Crippen LogP contribution >= 0.6 is 0 Å². The lowest BCUT2D eigenvalue weighted by Crippen LogP contribution is -2.54. The van der Waals surface area contributed by atoms with Gasteiger partial charge in [0.1, 0.15) is 30.3 Å². The van der Waals surface area contributed by atoms with E-state index in [0.717, 1.165) is 47.8 Å². The van der Waals surface area contributed by atoms with Crippen molar-refractivity contribution in [2.45, 2.75) is 63.7 Å². The second kappa shape index (κ2) is 13.0. The maximum atomic E-state index is 13.4. The van der Waals surface area contributed by atoms with E-state index in [2.05, 4.69) is 51.4 Å². The molecule has 4 amide bonds. The van der Waals surface area contributed by atoms with Crippen LogP contribution in [0.5, 0.6) is 11.5 Å². The van der Waals surface area contributed by atoms with Gasteiger partial charge in [0.25, 0.3) is 11.8 Å². The highest BCUT2D eigenvalue weighted by Crippen LogP contribution is 2.42. The van der Waals surface area contributed by atoms with E-state index in [1.165, 1.54) is 12.5 Å². The van der Waals surface area contributed by atoms with Gasteiger partial charge in [0.15, 0.2) is 11.6 Å². The van der Waals surface area contributed by atoms with E-state index < -0.39 is 29.7 Å². The molecular formula is C40H37N5O7. The third-order valence-electron chi connectivity index (χ3n) is 10.7. The van der Waals surface area contributed by atoms with Crippen LogP contribution in [0.3, 0.4) is 0 Å². The van der Waals surface area contributed by atoms with Gasteiger partial charge < -0.3 is 14.4 Å². The number of carbonyl (C=O) groups excluding carboxylic acids is 5. The summed E-state index contributed by atoms with van der Waals surface area (Å²) >= 11 is 0. The van der Waals surface area contributed by atoms with Crippen molar-refractivity contribution in [3.63, 3.8) is 0 Å². The van der Waals surface area contributed by atoms with Crippen LogP contribution in [-0.2, 0) is 28.0 Å². The summed E-state index contributed by atoms with van der Waals surface area (Å²) in [5, 5.41) is 2.24. The van der Waals surface area contributed by atoms with Crippen LogP contribution in [0.25, 0.3) is 0 Å². The van der Waals surface area contributed by atoms with E-state index >= 15 is 0 Å². The fraction of sp³-hybridized carbons (Fsp3) is 0.325. The Hall–Kier alpha value is -5.91. The normalized spacial score (nSPS) is 22.7. The highest BCUT2D eigenvalue weighted by Gasteiger charge is 2.46. The minimum atomic E-state index is -0.994. The smallest absolute Gasteiger partial charge is 0.262 e. The number of fused-ring (bicyclic) bond motifs is 6. The zero-order valence-corrected chi connectivity index (χ0v) is 28.8. The first kappa shape index (κ1) is 33.2. The van der Waals surface area contributed by atoms with Crippen molar-refractivity contribution in [3.8, 4) is 11.5 Å². The summed E-state index contributed by atoms with van der Waals surface area (Å²) in [6, 6.07) is 22.4. The Balaban J connectivity index is 0.953. The van der Waals surface area contributed by atoms with E-state index in [1.807, 2.05) is 30.3 Å². The molecule has 0 spiro atoms. The molecule has 3 aromatic carbocycles. The first-order valence-corrected chi connectivity index (χ1v) is 17.5. The average Bonchev–Trinajstić information content (AvgIpc) is 3.36. The van der Waals surface area contributed by atoms with Crippen LogP contribution in [0.1, 0.15) is 81.3 Å². The monoisotopic (exact) mass is 699 g/mol. The summed E-state index contributed by atoms with van der Waals surface area (Å²) < 4.78 is 12.7. The molecule has 2 saturated heterocycles. The number of hydrogen-bond donors (Lipinski definition) is 1. The number of amides is 4. The molecule has 1 aromatic heterocycles. The summed E-state index contributed by atoms with van der Waals surface area (Å²) in [6.45, 7) is 5.41. The molecule has 0 saturated carbocycles. The van der Waals surface area contributed by atoms with Crippen molar-refractivity contribution in [2.24, 2.45) is 5.92 Å². The number of nitrogens with zero attached hydrogens (tertiary/aromatic N) is 4. The van der Waals surface area contributed by atoms with Crippen molar-refractivity contribution in [1.82, 2.24) is 20.2 Å². The van der Waals surface area contributed by atoms with Gasteiger partial charge >= 0.3 is 0 Å². The number of piperidine rings is 1. The number of anilines is 1. The second-order valence-corrected chi connectivity index (χ2v) is 14.3. The third-order valence-corrected chi connectivity index (χ3v) is 10.7. The SMILES string of the molecule is CC(=O)c1nccc(COc2ccc(C3(C)Cc4ccc(cc4)OC3CC3CN(c4ccc5c(c4)C(=O)N(C4CCC(=O)NC4=O)C5=O)C3)cc2)n1. The Morgan fingerprint density at radius 3 is 2.44 bits per heavy atom. The van der Waals surface area contributed by atoms with Crippen molar-refractivity contribution in [1.29, 1.82) is 0 Å². The lowest BCUT2D eigenvalue weighted by atomic mass is 9.69. The molecule has 12 heteroatoms. The lowest BCUT2D eigenvalue weighted by molar-refractivity contribution is -0.136. The maximum absolute atomic E-state index is 13.4. The Bertz CT molecular complexity index is 2110. The number of carbonyl (C=O) groups is 5. The summed E-state index contributed by atoms with van der Waals surface area (Å²) in [7, 11) is 0. The maximum Gasteiger partial charge on any atom is 0.262 e. The van der Waals surface area contributed by atoms with Gasteiger partial charge in [-0.3, -0.25) is 34.2 Å². The molecule has 4 aromatic rings. The second-order valence-electron chi connectivity index (χ2n) is 14.3. The third kappa shape index (κ3) is 6.07. The van der Waals surface area contributed by atoms with Crippen LogP contribution in [0.15, 0.2) is 79.0 Å². The number of ketones is 1. The number of imide groups is 2. The fourth-order valence-corrected chi connectivity index (χ4v) is 7.74. The number of benzene rings is 3. The van der Waals surface area contributed by atoms with Crippen molar-refractivity contribution >= 4 is 35.1 Å². The highest BCUT2D eigenvalue weighted by molar-refractivity contribution is 6.23. The standard InChI is InChI=1S/C40H37N5O7/c1-23(46)36-41-16-15-27(42-36)22-51-29-10-5-26(6-11-29)40(2)19-24-3-8-30(9-4-24)52-34(40)17-25-20-44(21-25)28-7-12-31-32(18-28)39(50)45(38(31)49)33-13-14-35(47)43-37(33)48/h3-12,15-16,18,25,33-34H,13-14,17,19-22H2,1-2H3,(H,43,47,48). The van der Waals surface area contributed by atoms with Crippen LogP contribution in [0, 0.1) is 5.92 Å². The fourth-order valence-electron chi connectivity index (χ4n) is 7.74. The summed E-state index contributed by atoms with van der Waals surface area (Å²) in [5.41, 5.74) is 4.02. The average molecular weight is 700 g/mol. The number of aromatic nitrogens is 2. The quantitative estimate of drug-likeness (QED) is 0.196. The minimum Gasteiger partial charge on any atom is -0.489 e. The number of rotatable bonds is 9. The first-order valence-electron chi connectivity index (χ1n) is 17.5. The summed E-state index contributed by atoms with van der Waals surface area (Å²) in [5.74, 6) is -0.240. The number of nitrogens with one attached hydrogen (secondary N) is 1. The summed E-state index contributed by atoms with van der Waals surface area (Å²) in [4.78, 5) is 73.8. The molecule has 0 aliphatic carbocycles. The molecule has 2 bridgehead atoms. The van der Waals surface area contributed by atoms with Gasteiger partial charge in [0, 0.05) is 43.7 Å². The Labute approximate surface area is 300 Å². The van der Waals surface area contributed by atoms with E-state index in [0.29, 0.717) is 17.4 Å². The zero-order chi connectivity index (χ0) is 36.1. The Morgan fingerprint density at radius 2 is 1.71 bits per heavy atom. The van der Waals surface area contributed by atoms with Gasteiger partial charge in [-0.25, -0.2) is 9.97 Å². The van der Waals surface area contributed by atoms with Crippen LogP contribution in [0.4, 0.5) is 5.69 Å². The van der Waals surface area contributed by atoms with Crippen LogP contribution in [0.2, 0.25) is 0 Å².